The molecule has 0 bridgehead atoms. The molecule has 1 aromatic carbocycles. The van der Waals surface area contributed by atoms with Gasteiger partial charge in [-0.25, -0.2) is 0 Å². The fourth-order valence-electron chi connectivity index (χ4n) is 3.24. The molecular weight excluding hydrogens is 304 g/mol. The van der Waals surface area contributed by atoms with E-state index in [9.17, 15) is 9.90 Å². The molecule has 1 unspecified atom stereocenters. The van der Waals surface area contributed by atoms with E-state index in [0.717, 1.165) is 42.6 Å². The van der Waals surface area contributed by atoms with E-state index in [1.165, 1.54) is 0 Å². The Bertz CT molecular complexity index is 681. The van der Waals surface area contributed by atoms with Crippen LogP contribution in [0.5, 0.6) is 0 Å². The Kier molecular flexibility index (Phi) is 5.30. The van der Waals surface area contributed by atoms with Crippen LogP contribution >= 0.6 is 0 Å². The Balaban J connectivity index is 1.87. The summed E-state index contributed by atoms with van der Waals surface area (Å²) in [5, 5.41) is 13.4. The lowest BCUT2D eigenvalue weighted by atomic mass is 9.96. The molecule has 3 rings (SSSR count). The Morgan fingerprint density at radius 2 is 2.04 bits per heavy atom. The normalized spacial score (nSPS) is 14.9. The van der Waals surface area contributed by atoms with Gasteiger partial charge in [0.25, 0.3) is 5.91 Å². The van der Waals surface area contributed by atoms with Gasteiger partial charge in [0.05, 0.1) is 0 Å². The minimum atomic E-state index is -0.105. The number of benzene rings is 1. The first-order chi connectivity index (χ1) is 11.7. The number of aliphatic hydroxyl groups excluding tert-OH is 1. The number of aryl methyl sites for hydroxylation is 1. The van der Waals surface area contributed by atoms with E-state index < -0.39 is 0 Å². The minimum Gasteiger partial charge on any atom is -0.396 e. The maximum atomic E-state index is 13.1. The smallest absolute Gasteiger partial charge is 0.276 e. The fraction of sp³-hybridized carbons (Fsp3) is 0.474. The van der Waals surface area contributed by atoms with Gasteiger partial charge in [0.1, 0.15) is 5.76 Å². The molecule has 24 heavy (non-hydrogen) atoms. The van der Waals surface area contributed by atoms with Crippen molar-refractivity contribution in [3.05, 3.63) is 52.9 Å². The van der Waals surface area contributed by atoms with Gasteiger partial charge in [-0.05, 0) is 38.2 Å². The first kappa shape index (κ1) is 16.7. The third-order valence-corrected chi connectivity index (χ3v) is 4.69. The lowest BCUT2D eigenvalue weighted by Gasteiger charge is -2.29. The Morgan fingerprint density at radius 1 is 1.29 bits per heavy atom. The van der Waals surface area contributed by atoms with Gasteiger partial charge in [-0.1, -0.05) is 35.5 Å². The number of hydrogen-bond acceptors (Lipinski definition) is 4. The van der Waals surface area contributed by atoms with Crippen LogP contribution in [0.4, 0.5) is 0 Å². The number of aliphatic hydroxyl groups is 1. The van der Waals surface area contributed by atoms with Crippen LogP contribution in [0.25, 0.3) is 0 Å². The zero-order chi connectivity index (χ0) is 16.9. The molecule has 0 fully saturated rings. The number of amides is 1. The standard InChI is InChI=1S/C19H24N2O3/c1-14(11-12-22)21(13-15-7-3-2-4-8-15)19(23)18-16-9-5-6-10-17(16)24-20-18/h2-4,7-8,14,22H,5-6,9-13H2,1H3. The lowest BCUT2D eigenvalue weighted by Crippen LogP contribution is -2.39. The number of hydrogen-bond donors (Lipinski definition) is 1. The summed E-state index contributed by atoms with van der Waals surface area (Å²) >= 11 is 0. The molecule has 0 radical (unpaired) electrons. The molecule has 1 amide bonds. The monoisotopic (exact) mass is 328 g/mol. The van der Waals surface area contributed by atoms with Crippen molar-refractivity contribution in [1.82, 2.24) is 10.1 Å². The second-order valence-corrected chi connectivity index (χ2v) is 6.42. The second kappa shape index (κ2) is 7.62. The first-order valence-electron chi connectivity index (χ1n) is 8.64. The predicted molar refractivity (Wildman–Crippen MR) is 90.6 cm³/mol. The SMILES string of the molecule is CC(CCO)N(Cc1ccccc1)C(=O)c1noc2c1CCCC2. The number of carbonyl (C=O) groups excluding carboxylic acids is 1. The van der Waals surface area contributed by atoms with Gasteiger partial charge in [-0.2, -0.15) is 0 Å². The molecule has 5 nitrogen and oxygen atoms in total. The quantitative estimate of drug-likeness (QED) is 0.885. The topological polar surface area (TPSA) is 66.6 Å². The van der Waals surface area contributed by atoms with E-state index in [0.29, 0.717) is 18.7 Å². The summed E-state index contributed by atoms with van der Waals surface area (Å²) in [6.45, 7) is 2.52. The fourth-order valence-corrected chi connectivity index (χ4v) is 3.24. The van der Waals surface area contributed by atoms with Crippen molar-refractivity contribution in [3.8, 4) is 0 Å². The average molecular weight is 328 g/mol. The number of nitrogens with zero attached hydrogens (tertiary/aromatic N) is 2. The van der Waals surface area contributed by atoms with Crippen molar-refractivity contribution in [2.24, 2.45) is 0 Å². The minimum absolute atomic E-state index is 0.0522. The zero-order valence-electron chi connectivity index (χ0n) is 14.1. The number of aromatic nitrogens is 1. The average Bonchev–Trinajstić information content (AvgIpc) is 3.04. The van der Waals surface area contributed by atoms with Gasteiger partial charge in [0.15, 0.2) is 5.69 Å². The molecule has 1 aliphatic rings. The molecule has 1 aromatic heterocycles. The van der Waals surface area contributed by atoms with E-state index in [1.807, 2.05) is 37.3 Å². The molecule has 1 atom stereocenters. The lowest BCUT2D eigenvalue weighted by molar-refractivity contribution is 0.0637. The largest absolute Gasteiger partial charge is 0.396 e. The molecule has 0 spiro atoms. The molecule has 2 aromatic rings. The molecule has 1 heterocycles. The van der Waals surface area contributed by atoms with E-state index in [4.69, 9.17) is 4.52 Å². The molecule has 0 saturated carbocycles. The second-order valence-electron chi connectivity index (χ2n) is 6.42. The summed E-state index contributed by atoms with van der Waals surface area (Å²) in [4.78, 5) is 14.9. The molecule has 128 valence electrons. The van der Waals surface area contributed by atoms with Crippen LogP contribution in [0.2, 0.25) is 0 Å². The molecule has 1 aliphatic carbocycles. The maximum absolute atomic E-state index is 13.1. The van der Waals surface area contributed by atoms with Crippen LogP contribution < -0.4 is 0 Å². The first-order valence-corrected chi connectivity index (χ1v) is 8.64. The van der Waals surface area contributed by atoms with E-state index in [2.05, 4.69) is 5.16 Å². The van der Waals surface area contributed by atoms with Crippen LogP contribution in [-0.2, 0) is 19.4 Å². The van der Waals surface area contributed by atoms with Crippen molar-refractivity contribution >= 4 is 5.91 Å². The van der Waals surface area contributed by atoms with E-state index >= 15 is 0 Å². The van der Waals surface area contributed by atoms with E-state index in [1.54, 1.807) is 4.90 Å². The number of carbonyl (C=O) groups is 1. The summed E-state index contributed by atoms with van der Waals surface area (Å²) in [5.41, 5.74) is 2.49. The van der Waals surface area contributed by atoms with Crippen LogP contribution in [0.3, 0.4) is 0 Å². The van der Waals surface area contributed by atoms with Crippen molar-refractivity contribution in [3.63, 3.8) is 0 Å². The highest BCUT2D eigenvalue weighted by molar-refractivity contribution is 5.94. The van der Waals surface area contributed by atoms with Gasteiger partial charge in [-0.15, -0.1) is 0 Å². The highest BCUT2D eigenvalue weighted by Gasteiger charge is 2.29. The molecule has 5 heteroatoms. The maximum Gasteiger partial charge on any atom is 0.276 e. The summed E-state index contributed by atoms with van der Waals surface area (Å²) in [6.07, 6.45) is 4.41. The van der Waals surface area contributed by atoms with Crippen LogP contribution in [0, 0.1) is 0 Å². The molecule has 0 saturated heterocycles. The predicted octanol–water partition coefficient (Wildman–Crippen LogP) is 2.97. The van der Waals surface area contributed by atoms with Gasteiger partial charge < -0.3 is 14.5 Å². The highest BCUT2D eigenvalue weighted by atomic mass is 16.5. The van der Waals surface area contributed by atoms with Gasteiger partial charge >= 0.3 is 0 Å². The molecular formula is C19H24N2O3. The third-order valence-electron chi connectivity index (χ3n) is 4.69. The number of rotatable bonds is 6. The van der Waals surface area contributed by atoms with Crippen molar-refractivity contribution in [2.75, 3.05) is 6.61 Å². The van der Waals surface area contributed by atoms with Crippen molar-refractivity contribution < 1.29 is 14.4 Å². The highest BCUT2D eigenvalue weighted by Crippen LogP contribution is 2.26. The Morgan fingerprint density at radius 3 is 2.79 bits per heavy atom. The van der Waals surface area contributed by atoms with Gasteiger partial charge in [-0.3, -0.25) is 4.79 Å². The zero-order valence-corrected chi connectivity index (χ0v) is 14.1. The van der Waals surface area contributed by atoms with Crippen LogP contribution in [-0.4, -0.2) is 33.7 Å². The van der Waals surface area contributed by atoms with Crippen molar-refractivity contribution in [1.29, 1.82) is 0 Å². The Hall–Kier alpha value is -2.14. The summed E-state index contributed by atoms with van der Waals surface area (Å²) in [6, 6.07) is 9.83. The molecule has 1 N–H and O–H groups in total. The summed E-state index contributed by atoms with van der Waals surface area (Å²) in [7, 11) is 0. The summed E-state index contributed by atoms with van der Waals surface area (Å²) in [5.74, 6) is 0.755. The van der Waals surface area contributed by atoms with Crippen LogP contribution in [0.1, 0.15) is 53.6 Å². The van der Waals surface area contributed by atoms with Gasteiger partial charge in [0, 0.05) is 31.2 Å². The number of fused-ring (bicyclic) bond motifs is 1. The van der Waals surface area contributed by atoms with Crippen LogP contribution in [0.15, 0.2) is 34.9 Å². The Labute approximate surface area is 142 Å². The van der Waals surface area contributed by atoms with E-state index in [-0.39, 0.29) is 18.6 Å². The third kappa shape index (κ3) is 3.51. The molecule has 0 aliphatic heterocycles. The van der Waals surface area contributed by atoms with Crippen molar-refractivity contribution in [2.45, 2.75) is 51.6 Å². The van der Waals surface area contributed by atoms with Gasteiger partial charge in [0.2, 0.25) is 0 Å². The summed E-state index contributed by atoms with van der Waals surface area (Å²) < 4.78 is 5.40.